The van der Waals surface area contributed by atoms with E-state index in [9.17, 15) is 4.79 Å². The molecule has 98 valence electrons. The first-order chi connectivity index (χ1) is 8.93. The van der Waals surface area contributed by atoms with Gasteiger partial charge in [0.25, 0.3) is 0 Å². The quantitative estimate of drug-likeness (QED) is 0.809. The van der Waals surface area contributed by atoms with Crippen LogP contribution < -0.4 is 11.5 Å². The van der Waals surface area contributed by atoms with E-state index in [2.05, 4.69) is 4.98 Å². The highest BCUT2D eigenvalue weighted by Crippen LogP contribution is 2.34. The van der Waals surface area contributed by atoms with Crippen molar-refractivity contribution >= 4 is 39.0 Å². The molecule has 4 N–H and O–H groups in total. The Balaban J connectivity index is 2.57. The molecule has 6 nitrogen and oxygen atoms in total. The molecule has 0 saturated carbocycles. The second kappa shape index (κ2) is 4.74. The van der Waals surface area contributed by atoms with Crippen LogP contribution in [0.3, 0.4) is 0 Å². The summed E-state index contributed by atoms with van der Waals surface area (Å²) in [6.07, 6.45) is -0.232. The van der Waals surface area contributed by atoms with Crippen molar-refractivity contribution in [3.05, 3.63) is 16.5 Å². The number of esters is 1. The third kappa shape index (κ3) is 2.30. The van der Waals surface area contributed by atoms with Crippen LogP contribution in [-0.4, -0.2) is 17.1 Å². The minimum absolute atomic E-state index is 0.125. The molecule has 2 aromatic rings. The van der Waals surface area contributed by atoms with Crippen LogP contribution in [0.15, 0.2) is 6.07 Å². The van der Waals surface area contributed by atoms with Gasteiger partial charge in [-0.15, -0.1) is 11.3 Å². The number of nitrogens with zero attached hydrogens (tertiary/aromatic N) is 2. The summed E-state index contributed by atoms with van der Waals surface area (Å²) in [5.74, 6) is -0.368. The molecule has 0 bridgehead atoms. The molecule has 2 heterocycles. The first-order valence-electron chi connectivity index (χ1n) is 5.53. The second-order valence-corrected chi connectivity index (χ2v) is 5.18. The van der Waals surface area contributed by atoms with E-state index in [1.54, 1.807) is 13.8 Å². The number of nitrogens with two attached hydrogens (primary N) is 2. The van der Waals surface area contributed by atoms with E-state index in [0.29, 0.717) is 10.2 Å². The van der Waals surface area contributed by atoms with Crippen molar-refractivity contribution in [2.45, 2.75) is 20.0 Å². The number of hydrogen-bond donors (Lipinski definition) is 2. The van der Waals surface area contributed by atoms with Gasteiger partial charge in [0, 0.05) is 5.39 Å². The van der Waals surface area contributed by atoms with Crippen LogP contribution in [0.5, 0.6) is 0 Å². The lowest BCUT2D eigenvalue weighted by atomic mass is 10.2. The number of fused-ring (bicyclic) bond motifs is 1. The molecule has 2 rings (SSSR count). The molecular weight excluding hydrogens is 264 g/mol. The lowest BCUT2D eigenvalue weighted by Gasteiger charge is -2.06. The number of nitriles is 1. The summed E-state index contributed by atoms with van der Waals surface area (Å²) in [6, 6.07) is 3.47. The number of pyridine rings is 1. The van der Waals surface area contributed by atoms with Crippen molar-refractivity contribution < 1.29 is 9.53 Å². The van der Waals surface area contributed by atoms with Gasteiger partial charge in [0.05, 0.1) is 17.4 Å². The van der Waals surface area contributed by atoms with E-state index in [0.717, 1.165) is 11.3 Å². The topological polar surface area (TPSA) is 115 Å². The van der Waals surface area contributed by atoms with Crippen molar-refractivity contribution in [1.82, 2.24) is 4.98 Å². The molecule has 0 radical (unpaired) electrons. The molecule has 0 spiro atoms. The summed E-state index contributed by atoms with van der Waals surface area (Å²) in [7, 11) is 0. The lowest BCUT2D eigenvalue weighted by Crippen LogP contribution is -2.11. The maximum atomic E-state index is 11.9. The van der Waals surface area contributed by atoms with Gasteiger partial charge >= 0.3 is 5.97 Å². The van der Waals surface area contributed by atoms with E-state index >= 15 is 0 Å². The zero-order valence-corrected chi connectivity index (χ0v) is 11.2. The van der Waals surface area contributed by atoms with Gasteiger partial charge in [0.15, 0.2) is 0 Å². The van der Waals surface area contributed by atoms with Crippen LogP contribution in [0, 0.1) is 11.3 Å². The standard InChI is InChI=1S/C12H12N4O2S/c1-5(2)18-12(17)9-8(14)7-3-6(4-13)10(15)16-11(7)19-9/h3,5H,14H2,1-2H3,(H2,15,16). The summed E-state index contributed by atoms with van der Waals surface area (Å²) >= 11 is 1.11. The molecule has 0 aliphatic heterocycles. The number of thiophene rings is 1. The van der Waals surface area contributed by atoms with Crippen molar-refractivity contribution in [3.8, 4) is 6.07 Å². The predicted octanol–water partition coefficient (Wildman–Crippen LogP) is 1.90. The molecule has 0 amide bonds. The number of hydrogen-bond acceptors (Lipinski definition) is 7. The number of ether oxygens (including phenoxy) is 1. The molecule has 0 fully saturated rings. The van der Waals surface area contributed by atoms with E-state index in [1.165, 1.54) is 6.07 Å². The maximum absolute atomic E-state index is 11.9. The van der Waals surface area contributed by atoms with Gasteiger partial charge in [-0.3, -0.25) is 0 Å². The summed E-state index contributed by atoms with van der Waals surface area (Å²) in [4.78, 5) is 16.7. The lowest BCUT2D eigenvalue weighted by molar-refractivity contribution is 0.0385. The number of rotatable bonds is 2. The van der Waals surface area contributed by atoms with Crippen molar-refractivity contribution in [2.75, 3.05) is 11.5 Å². The highest BCUT2D eigenvalue weighted by Gasteiger charge is 2.20. The fourth-order valence-electron chi connectivity index (χ4n) is 1.56. The summed E-state index contributed by atoms with van der Waals surface area (Å²) in [5, 5.41) is 9.45. The first kappa shape index (κ1) is 13.1. The normalized spacial score (nSPS) is 10.6. The molecule has 19 heavy (non-hydrogen) atoms. The molecular formula is C12H12N4O2S. The minimum Gasteiger partial charge on any atom is -0.459 e. The number of nitrogen functional groups attached to an aromatic ring is 2. The Morgan fingerprint density at radius 3 is 2.79 bits per heavy atom. The molecule has 0 aliphatic rings. The fourth-order valence-corrected chi connectivity index (χ4v) is 2.53. The number of carbonyl (C=O) groups excluding carboxylic acids is 1. The van der Waals surface area contributed by atoms with Crippen LogP contribution in [0.4, 0.5) is 11.5 Å². The molecule has 0 saturated heterocycles. The fraction of sp³-hybridized carbons (Fsp3) is 0.250. The van der Waals surface area contributed by atoms with E-state index in [4.69, 9.17) is 21.5 Å². The minimum atomic E-state index is -0.493. The largest absolute Gasteiger partial charge is 0.459 e. The average Bonchev–Trinajstić information content (AvgIpc) is 2.64. The average molecular weight is 276 g/mol. The SMILES string of the molecule is CC(C)OC(=O)c1sc2nc(N)c(C#N)cc2c1N. The van der Waals surface area contributed by atoms with Gasteiger partial charge in [-0.05, 0) is 19.9 Å². The van der Waals surface area contributed by atoms with E-state index < -0.39 is 5.97 Å². The van der Waals surface area contributed by atoms with Crippen LogP contribution in [0.25, 0.3) is 10.2 Å². The van der Waals surface area contributed by atoms with E-state index in [-0.39, 0.29) is 28.0 Å². The number of anilines is 2. The Bertz CT molecular complexity index is 700. The summed E-state index contributed by atoms with van der Waals surface area (Å²) in [6.45, 7) is 3.51. The highest BCUT2D eigenvalue weighted by atomic mass is 32.1. The third-order valence-corrected chi connectivity index (χ3v) is 3.49. The molecule has 0 unspecified atom stereocenters. The molecule has 2 aromatic heterocycles. The second-order valence-electron chi connectivity index (χ2n) is 4.18. The van der Waals surface area contributed by atoms with Crippen molar-refractivity contribution in [1.29, 1.82) is 5.26 Å². The number of aromatic nitrogens is 1. The van der Waals surface area contributed by atoms with Gasteiger partial charge in [0.1, 0.15) is 21.6 Å². The first-order valence-corrected chi connectivity index (χ1v) is 6.35. The summed E-state index contributed by atoms with van der Waals surface area (Å²) < 4.78 is 5.10. The Labute approximate surface area is 113 Å². The number of carbonyl (C=O) groups is 1. The zero-order chi connectivity index (χ0) is 14.2. The van der Waals surface area contributed by atoms with E-state index in [1.807, 2.05) is 6.07 Å². The van der Waals surface area contributed by atoms with Gasteiger partial charge in [-0.1, -0.05) is 0 Å². The molecule has 0 atom stereocenters. The van der Waals surface area contributed by atoms with Crippen molar-refractivity contribution in [3.63, 3.8) is 0 Å². The van der Waals surface area contributed by atoms with Crippen LogP contribution in [0.1, 0.15) is 29.1 Å². The zero-order valence-electron chi connectivity index (χ0n) is 10.4. The highest BCUT2D eigenvalue weighted by molar-refractivity contribution is 7.21. The van der Waals surface area contributed by atoms with Gasteiger partial charge in [-0.2, -0.15) is 5.26 Å². The third-order valence-electron chi connectivity index (χ3n) is 2.40. The monoisotopic (exact) mass is 276 g/mol. The Morgan fingerprint density at radius 2 is 2.21 bits per heavy atom. The Hall–Kier alpha value is -2.33. The molecule has 0 aromatic carbocycles. The van der Waals surface area contributed by atoms with Crippen LogP contribution in [-0.2, 0) is 4.74 Å². The summed E-state index contributed by atoms with van der Waals surface area (Å²) in [5.41, 5.74) is 12.0. The van der Waals surface area contributed by atoms with Gasteiger partial charge in [0.2, 0.25) is 0 Å². The Morgan fingerprint density at radius 1 is 1.53 bits per heavy atom. The van der Waals surface area contributed by atoms with Gasteiger partial charge < -0.3 is 16.2 Å². The molecule has 0 aliphatic carbocycles. The van der Waals surface area contributed by atoms with Crippen LogP contribution in [0.2, 0.25) is 0 Å². The predicted molar refractivity (Wildman–Crippen MR) is 73.7 cm³/mol. The maximum Gasteiger partial charge on any atom is 0.350 e. The smallest absolute Gasteiger partial charge is 0.350 e. The molecule has 7 heteroatoms. The van der Waals surface area contributed by atoms with Crippen LogP contribution >= 0.6 is 11.3 Å². The van der Waals surface area contributed by atoms with Crippen molar-refractivity contribution in [2.24, 2.45) is 0 Å². The van der Waals surface area contributed by atoms with Gasteiger partial charge in [-0.25, -0.2) is 9.78 Å². The Kier molecular flexibility index (Phi) is 3.27.